The molecule has 7 aliphatic carbocycles. The number of piperidine rings is 1. The second-order valence-corrected chi connectivity index (χ2v) is 22.4. The molecule has 12 atom stereocenters. The number of nitrogens with one attached hydrogen (secondary N) is 1. The fourth-order valence-electron chi connectivity index (χ4n) is 16.8. The van der Waals surface area contributed by atoms with Gasteiger partial charge in [0.25, 0.3) is 0 Å². The molecule has 10 fully saturated rings. The summed E-state index contributed by atoms with van der Waals surface area (Å²) in [6.07, 6.45) is 46.1. The predicted octanol–water partition coefficient (Wildman–Crippen LogP) is 11.6. The molecule has 0 radical (unpaired) electrons. The normalized spacial score (nSPS) is 48.9. The third-order valence-electron chi connectivity index (χ3n) is 18.8. The van der Waals surface area contributed by atoms with Crippen LogP contribution in [0.4, 0.5) is 0 Å². The first kappa shape index (κ1) is 35.6. The highest BCUT2D eigenvalue weighted by molar-refractivity contribution is 8.00. The number of rotatable bonds is 6. The number of nitrogens with zero attached hydrogens (tertiary/aromatic N) is 2. The lowest BCUT2D eigenvalue weighted by molar-refractivity contribution is -0.00924. The molecule has 7 saturated carbocycles. The van der Waals surface area contributed by atoms with Crippen LogP contribution in [0.2, 0.25) is 0 Å². The van der Waals surface area contributed by atoms with E-state index in [4.69, 9.17) is 0 Å². The van der Waals surface area contributed by atoms with Gasteiger partial charge in [-0.1, -0.05) is 83.5 Å². The molecule has 0 bridgehead atoms. The minimum Gasteiger partial charge on any atom is -0.305 e. The maximum atomic E-state index is 4.05. The van der Waals surface area contributed by atoms with Crippen molar-refractivity contribution in [1.29, 1.82) is 0 Å². The van der Waals surface area contributed by atoms with E-state index in [1.807, 2.05) is 0 Å². The van der Waals surface area contributed by atoms with Crippen molar-refractivity contribution < 1.29 is 0 Å². The molecule has 0 aromatic heterocycles. The molecule has 4 heteroatoms. The summed E-state index contributed by atoms with van der Waals surface area (Å²) in [5.41, 5.74) is 0. The summed E-state index contributed by atoms with van der Waals surface area (Å²) in [6, 6.07) is 5.58. The van der Waals surface area contributed by atoms with Gasteiger partial charge >= 0.3 is 0 Å². The molecule has 0 aromatic carbocycles. The van der Waals surface area contributed by atoms with Crippen molar-refractivity contribution in [3.63, 3.8) is 0 Å². The Morgan fingerprint density at radius 3 is 1.88 bits per heavy atom. The second kappa shape index (κ2) is 16.0. The van der Waals surface area contributed by atoms with Gasteiger partial charge in [0.15, 0.2) is 0 Å². The highest BCUT2D eigenvalue weighted by Gasteiger charge is 2.55. The highest BCUT2D eigenvalue weighted by atomic mass is 32.2. The van der Waals surface area contributed by atoms with Crippen LogP contribution in [-0.2, 0) is 0 Å². The first-order valence-corrected chi connectivity index (χ1v) is 25.2. The van der Waals surface area contributed by atoms with E-state index < -0.39 is 0 Å². The van der Waals surface area contributed by atoms with Crippen LogP contribution in [-0.4, -0.2) is 63.2 Å². The molecule has 0 spiro atoms. The topological polar surface area (TPSA) is 18.5 Å². The van der Waals surface area contributed by atoms with Gasteiger partial charge in [0.2, 0.25) is 0 Å². The third-order valence-corrected chi connectivity index (χ3v) is 20.5. The number of likely N-dealkylation sites (tertiary alicyclic amines) is 1. The van der Waals surface area contributed by atoms with Gasteiger partial charge in [0, 0.05) is 41.5 Å². The Morgan fingerprint density at radius 2 is 1.10 bits per heavy atom. The molecule has 10 rings (SSSR count). The predicted molar refractivity (Wildman–Crippen MR) is 216 cm³/mol. The van der Waals surface area contributed by atoms with Crippen molar-refractivity contribution in [2.45, 2.75) is 239 Å². The van der Waals surface area contributed by atoms with Crippen molar-refractivity contribution in [1.82, 2.24) is 15.1 Å². The van der Waals surface area contributed by atoms with E-state index in [1.165, 1.54) is 116 Å². The Balaban J connectivity index is 0.792. The fraction of sp³-hybridized carbons (Fsp3) is 1.00. The van der Waals surface area contributed by atoms with E-state index in [9.17, 15) is 0 Å². The fourth-order valence-corrected chi connectivity index (χ4v) is 18.8. The average molecular weight is 718 g/mol. The Bertz CT molecular complexity index is 1110. The van der Waals surface area contributed by atoms with Crippen molar-refractivity contribution in [3.8, 4) is 0 Å². The molecule has 0 aromatic rings. The standard InChI is InChI=1S/C47H79N3S/c1-3-14-35(15-4-1)49(36-16-5-2-6-17-36)38-26-27-44-42(31-38)40-18-7-9-20-43(40)50(44)37-24-22-32(23-25-37)33-12-11-13-34(30-33)39-28-29-48-47-46(39)41-19-8-10-21-45(41)51-47/h32-48H,1-31H2. The Morgan fingerprint density at radius 1 is 0.431 bits per heavy atom. The molecular formula is C47H79N3S. The summed E-state index contributed by atoms with van der Waals surface area (Å²) in [7, 11) is 0. The minimum absolute atomic E-state index is 0.804. The number of thioether (sulfide) groups is 1. The van der Waals surface area contributed by atoms with Gasteiger partial charge in [-0.2, -0.15) is 0 Å². The highest BCUT2D eigenvalue weighted by Crippen LogP contribution is 2.58. The van der Waals surface area contributed by atoms with Crippen LogP contribution in [0.25, 0.3) is 0 Å². The largest absolute Gasteiger partial charge is 0.305 e. The van der Waals surface area contributed by atoms with Crippen molar-refractivity contribution in [3.05, 3.63) is 0 Å². The Kier molecular flexibility index (Phi) is 11.2. The van der Waals surface area contributed by atoms with Crippen LogP contribution in [0.1, 0.15) is 193 Å². The molecule has 3 aliphatic heterocycles. The molecule has 51 heavy (non-hydrogen) atoms. The van der Waals surface area contributed by atoms with Gasteiger partial charge < -0.3 is 5.32 Å². The molecule has 3 heterocycles. The zero-order chi connectivity index (χ0) is 33.7. The maximum Gasteiger partial charge on any atom is 0.0569 e. The molecular weight excluding hydrogens is 639 g/mol. The van der Waals surface area contributed by atoms with Crippen LogP contribution >= 0.6 is 11.8 Å². The summed E-state index contributed by atoms with van der Waals surface area (Å²) in [5.74, 6) is 8.32. The molecule has 0 amide bonds. The lowest BCUT2D eigenvalue weighted by Gasteiger charge is -2.51. The van der Waals surface area contributed by atoms with E-state index in [0.29, 0.717) is 0 Å². The van der Waals surface area contributed by atoms with Gasteiger partial charge in [0.1, 0.15) is 0 Å². The summed E-state index contributed by atoms with van der Waals surface area (Å²) >= 11 is 2.40. The average Bonchev–Trinajstić information content (AvgIpc) is 3.75. The Labute approximate surface area is 319 Å². The van der Waals surface area contributed by atoms with E-state index in [2.05, 4.69) is 26.9 Å². The summed E-state index contributed by atoms with van der Waals surface area (Å²) in [5, 5.41) is 5.84. The van der Waals surface area contributed by atoms with E-state index >= 15 is 0 Å². The van der Waals surface area contributed by atoms with Crippen LogP contribution in [0.3, 0.4) is 0 Å². The molecule has 3 saturated heterocycles. The van der Waals surface area contributed by atoms with Crippen molar-refractivity contribution in [2.75, 3.05) is 6.54 Å². The van der Waals surface area contributed by atoms with Crippen LogP contribution in [0.5, 0.6) is 0 Å². The maximum absolute atomic E-state index is 4.05. The molecule has 288 valence electrons. The number of hydrogen-bond donors (Lipinski definition) is 1. The molecule has 3 nitrogen and oxygen atoms in total. The quantitative estimate of drug-likeness (QED) is 0.295. The van der Waals surface area contributed by atoms with Gasteiger partial charge in [-0.15, -0.1) is 11.8 Å². The molecule has 10 aliphatic rings. The number of hydrogen-bond acceptors (Lipinski definition) is 4. The third kappa shape index (κ3) is 7.00. The van der Waals surface area contributed by atoms with Gasteiger partial charge in [-0.25, -0.2) is 0 Å². The summed E-state index contributed by atoms with van der Waals surface area (Å²) in [6.45, 7) is 1.31. The molecule has 12 unspecified atom stereocenters. The lowest BCUT2D eigenvalue weighted by atomic mass is 9.61. The van der Waals surface area contributed by atoms with E-state index in [1.54, 1.807) is 83.5 Å². The zero-order valence-corrected chi connectivity index (χ0v) is 33.8. The second-order valence-electron chi connectivity index (χ2n) is 21.0. The SMILES string of the molecule is C1CCC(N(C2CCCCC2)C2CCC3C(C2)C2CCCCC2N3C2CCC(C3CCCC(C4CCNC5SC6CCCCC6C54)C3)CC2)CC1. The van der Waals surface area contributed by atoms with Gasteiger partial charge in [0.05, 0.1) is 5.37 Å². The van der Waals surface area contributed by atoms with Crippen LogP contribution in [0.15, 0.2) is 0 Å². The number of fused-ring (bicyclic) bond motifs is 6. The first-order valence-electron chi connectivity index (χ1n) is 24.2. The monoisotopic (exact) mass is 718 g/mol. The first-order chi connectivity index (χ1) is 25.3. The lowest BCUT2D eigenvalue weighted by Crippen LogP contribution is -2.55. The van der Waals surface area contributed by atoms with E-state index in [0.717, 1.165) is 94.2 Å². The summed E-state index contributed by atoms with van der Waals surface area (Å²) in [4.78, 5) is 6.62. The van der Waals surface area contributed by atoms with Crippen molar-refractivity contribution >= 4 is 11.8 Å². The zero-order valence-electron chi connectivity index (χ0n) is 33.0. The Hall–Kier alpha value is 0.230. The smallest absolute Gasteiger partial charge is 0.0569 e. The van der Waals surface area contributed by atoms with Crippen LogP contribution < -0.4 is 5.32 Å². The van der Waals surface area contributed by atoms with Crippen molar-refractivity contribution in [2.24, 2.45) is 47.3 Å². The summed E-state index contributed by atoms with van der Waals surface area (Å²) < 4.78 is 0. The van der Waals surface area contributed by atoms with Crippen LogP contribution in [0, 0.1) is 47.3 Å². The van der Waals surface area contributed by atoms with Gasteiger partial charge in [-0.05, 0) is 163 Å². The van der Waals surface area contributed by atoms with E-state index in [-0.39, 0.29) is 0 Å². The molecule has 1 N–H and O–H groups in total. The van der Waals surface area contributed by atoms with Gasteiger partial charge in [-0.3, -0.25) is 9.80 Å². The minimum atomic E-state index is 0.804.